The van der Waals surface area contributed by atoms with Gasteiger partial charge in [-0.1, -0.05) is 6.07 Å². The van der Waals surface area contributed by atoms with Gasteiger partial charge in [0.25, 0.3) is 0 Å². The molecule has 0 saturated heterocycles. The fourth-order valence-corrected chi connectivity index (χ4v) is 3.02. The number of nitrogens with one attached hydrogen (secondary N) is 2. The number of hydrogen-bond acceptors (Lipinski definition) is 4. The second-order valence-corrected chi connectivity index (χ2v) is 5.60. The molecule has 2 rings (SSSR count). The van der Waals surface area contributed by atoms with E-state index in [1.54, 1.807) is 17.6 Å². The van der Waals surface area contributed by atoms with Crippen LogP contribution in [0.15, 0.2) is 18.2 Å². The van der Waals surface area contributed by atoms with E-state index >= 15 is 0 Å². The van der Waals surface area contributed by atoms with Crippen LogP contribution in [0.25, 0.3) is 0 Å². The summed E-state index contributed by atoms with van der Waals surface area (Å²) in [6.45, 7) is 0.679. The van der Waals surface area contributed by atoms with Crippen LogP contribution in [0.1, 0.15) is 34.3 Å². The molecule has 6 heteroatoms. The van der Waals surface area contributed by atoms with E-state index < -0.39 is 11.3 Å². The number of benzene rings is 1. The molecule has 5 N–H and O–H groups in total. The Morgan fingerprint density at radius 1 is 1.38 bits per heavy atom. The molecule has 1 aliphatic rings. The van der Waals surface area contributed by atoms with Crippen molar-refractivity contribution in [2.75, 3.05) is 13.6 Å². The van der Waals surface area contributed by atoms with Crippen molar-refractivity contribution in [3.8, 4) is 0 Å². The van der Waals surface area contributed by atoms with Gasteiger partial charge in [0.2, 0.25) is 11.8 Å². The van der Waals surface area contributed by atoms with Gasteiger partial charge >= 0.3 is 0 Å². The minimum atomic E-state index is -0.652. The van der Waals surface area contributed by atoms with E-state index in [9.17, 15) is 9.59 Å². The Kier molecular flexibility index (Phi) is 4.59. The highest BCUT2D eigenvalue weighted by Gasteiger charge is 2.40. The Balaban J connectivity index is 2.34. The molecule has 0 heterocycles. The van der Waals surface area contributed by atoms with Crippen LogP contribution in [0.4, 0.5) is 0 Å². The fourth-order valence-electron chi connectivity index (χ4n) is 3.02. The Morgan fingerprint density at radius 3 is 2.76 bits per heavy atom. The maximum Gasteiger partial charge on any atom is 0.249 e. The number of primary amides is 1. The lowest BCUT2D eigenvalue weighted by Gasteiger charge is -2.36. The van der Waals surface area contributed by atoms with Crippen molar-refractivity contribution in [3.05, 3.63) is 34.9 Å². The molecular weight excluding hydrogens is 270 g/mol. The van der Waals surface area contributed by atoms with Gasteiger partial charge in [-0.05, 0) is 62.5 Å². The minimum Gasteiger partial charge on any atom is -0.366 e. The first kappa shape index (κ1) is 15.5. The summed E-state index contributed by atoms with van der Waals surface area (Å²) in [5, 5.41) is 12.1. The second-order valence-electron chi connectivity index (χ2n) is 5.60. The Bertz CT molecular complexity index is 559. The van der Waals surface area contributed by atoms with E-state index in [1.807, 2.05) is 13.1 Å². The lowest BCUT2D eigenvalue weighted by Crippen LogP contribution is -2.45. The first-order chi connectivity index (χ1) is 10.0. The summed E-state index contributed by atoms with van der Waals surface area (Å²) >= 11 is 0. The number of hydroxylamine groups is 1. The van der Waals surface area contributed by atoms with Crippen molar-refractivity contribution in [2.45, 2.75) is 25.7 Å². The van der Waals surface area contributed by atoms with E-state index in [4.69, 9.17) is 10.9 Å². The average molecular weight is 291 g/mol. The van der Waals surface area contributed by atoms with Crippen LogP contribution >= 0.6 is 0 Å². The van der Waals surface area contributed by atoms with E-state index in [2.05, 4.69) is 5.32 Å². The topological polar surface area (TPSA) is 104 Å². The molecule has 1 aliphatic carbocycles. The molecule has 1 aromatic carbocycles. The van der Waals surface area contributed by atoms with Gasteiger partial charge in [-0.15, -0.1) is 0 Å². The van der Waals surface area contributed by atoms with Crippen LogP contribution in [0.3, 0.4) is 0 Å². The van der Waals surface area contributed by atoms with Gasteiger partial charge in [0.05, 0.1) is 5.41 Å². The zero-order valence-electron chi connectivity index (χ0n) is 12.1. The molecule has 2 amide bonds. The van der Waals surface area contributed by atoms with E-state index in [0.717, 1.165) is 17.5 Å². The molecule has 21 heavy (non-hydrogen) atoms. The summed E-state index contributed by atoms with van der Waals surface area (Å²) in [7, 11) is 1.83. The third-order valence-corrected chi connectivity index (χ3v) is 4.33. The predicted octanol–water partition coefficient (Wildman–Crippen LogP) is 0.376. The fraction of sp³-hybridized carbons (Fsp3) is 0.467. The van der Waals surface area contributed by atoms with Gasteiger partial charge in [0.1, 0.15) is 0 Å². The van der Waals surface area contributed by atoms with E-state index in [0.29, 0.717) is 31.4 Å². The number of fused-ring (bicyclic) bond motifs is 1. The molecule has 0 bridgehead atoms. The number of carbonyl (C=O) groups is 2. The zero-order chi connectivity index (χ0) is 15.5. The van der Waals surface area contributed by atoms with Gasteiger partial charge in [-0.25, -0.2) is 5.48 Å². The Hall–Kier alpha value is -1.92. The van der Waals surface area contributed by atoms with Crippen LogP contribution in [0.5, 0.6) is 0 Å². The highest BCUT2D eigenvalue weighted by Crippen LogP contribution is 2.38. The third kappa shape index (κ3) is 3.06. The van der Waals surface area contributed by atoms with Gasteiger partial charge in [0, 0.05) is 5.56 Å². The maximum atomic E-state index is 12.1. The molecule has 1 aromatic rings. The number of hydrogen-bond donors (Lipinski definition) is 4. The Labute approximate surface area is 123 Å². The first-order valence-corrected chi connectivity index (χ1v) is 7.03. The molecule has 0 fully saturated rings. The Morgan fingerprint density at radius 2 is 2.14 bits per heavy atom. The van der Waals surface area contributed by atoms with Crippen molar-refractivity contribution in [2.24, 2.45) is 11.1 Å². The van der Waals surface area contributed by atoms with Crippen LogP contribution in [0.2, 0.25) is 0 Å². The first-order valence-electron chi connectivity index (χ1n) is 7.03. The van der Waals surface area contributed by atoms with Crippen molar-refractivity contribution in [1.29, 1.82) is 0 Å². The quantitative estimate of drug-likeness (QED) is 0.465. The summed E-state index contributed by atoms with van der Waals surface area (Å²) in [6.07, 6.45) is 2.53. The standard InChI is InChI=1S/C15H21N3O3/c1-17-7-6-15(14(20)18-21)5-4-10-2-3-11(13(16)19)8-12(10)9-15/h2-3,8,17,21H,4-7,9H2,1H3,(H2,16,19)(H,18,20). The summed E-state index contributed by atoms with van der Waals surface area (Å²) < 4.78 is 0. The van der Waals surface area contributed by atoms with Crippen molar-refractivity contribution in [3.63, 3.8) is 0 Å². The minimum absolute atomic E-state index is 0.368. The highest BCUT2D eigenvalue weighted by atomic mass is 16.5. The number of rotatable bonds is 5. The molecule has 1 unspecified atom stereocenters. The monoisotopic (exact) mass is 291 g/mol. The van der Waals surface area contributed by atoms with E-state index in [-0.39, 0.29) is 5.91 Å². The summed E-state index contributed by atoms with van der Waals surface area (Å²) in [6, 6.07) is 5.37. The van der Waals surface area contributed by atoms with Crippen molar-refractivity contribution < 1.29 is 14.8 Å². The predicted molar refractivity (Wildman–Crippen MR) is 77.9 cm³/mol. The summed E-state index contributed by atoms with van der Waals surface area (Å²) in [4.78, 5) is 23.4. The molecule has 0 saturated carbocycles. The number of amides is 2. The zero-order valence-corrected chi connectivity index (χ0v) is 12.1. The summed E-state index contributed by atoms with van der Waals surface area (Å²) in [5.74, 6) is -0.844. The van der Waals surface area contributed by atoms with Gasteiger partial charge in [-0.2, -0.15) is 0 Å². The lowest BCUT2D eigenvalue weighted by molar-refractivity contribution is -0.141. The molecule has 1 atom stereocenters. The normalized spacial score (nSPS) is 20.7. The molecule has 0 spiro atoms. The number of nitrogens with two attached hydrogens (primary N) is 1. The highest BCUT2D eigenvalue weighted by molar-refractivity contribution is 5.93. The number of aryl methyl sites for hydroxylation is 1. The molecule has 0 aromatic heterocycles. The van der Waals surface area contributed by atoms with Crippen LogP contribution < -0.4 is 16.5 Å². The average Bonchev–Trinajstić information content (AvgIpc) is 2.51. The molecule has 114 valence electrons. The van der Waals surface area contributed by atoms with Crippen molar-refractivity contribution >= 4 is 11.8 Å². The van der Waals surface area contributed by atoms with Crippen LogP contribution in [0, 0.1) is 5.41 Å². The van der Waals surface area contributed by atoms with Gasteiger partial charge < -0.3 is 11.1 Å². The van der Waals surface area contributed by atoms with Gasteiger partial charge in [0.15, 0.2) is 0 Å². The SMILES string of the molecule is CNCCC1(C(=O)NO)CCc2ccc(C(N)=O)cc2C1. The maximum absolute atomic E-state index is 12.1. The molecular formula is C15H21N3O3. The lowest BCUT2D eigenvalue weighted by atomic mass is 9.68. The largest absolute Gasteiger partial charge is 0.366 e. The number of carbonyl (C=O) groups excluding carboxylic acids is 2. The van der Waals surface area contributed by atoms with E-state index in [1.165, 1.54) is 0 Å². The van der Waals surface area contributed by atoms with Gasteiger partial charge in [-0.3, -0.25) is 14.8 Å². The van der Waals surface area contributed by atoms with Crippen molar-refractivity contribution in [1.82, 2.24) is 10.8 Å². The molecule has 6 nitrogen and oxygen atoms in total. The second kappa shape index (κ2) is 6.24. The van der Waals surface area contributed by atoms with Crippen LogP contribution in [-0.2, 0) is 17.6 Å². The third-order valence-electron chi connectivity index (χ3n) is 4.33. The van der Waals surface area contributed by atoms with Crippen LogP contribution in [-0.4, -0.2) is 30.6 Å². The summed E-state index contributed by atoms with van der Waals surface area (Å²) in [5.41, 5.74) is 8.99. The smallest absolute Gasteiger partial charge is 0.249 e. The molecule has 0 radical (unpaired) electrons. The molecule has 0 aliphatic heterocycles.